The van der Waals surface area contributed by atoms with E-state index in [1.807, 2.05) is 0 Å². The molecular weight excluding hydrogens is 494 g/mol. The summed E-state index contributed by atoms with van der Waals surface area (Å²) in [5.41, 5.74) is 0.924. The standard InChI is InChI=1S/C21H11Cl2FN4O4S/c22-11-5-12(23)14(32-7-9-2-1-3-10(24)4-9)6-13(11)28-18-15-16(27-21(28)31)17(20(29)30)33-19(15)26-8-25-18/h1-6,8H,7H2,(H,27,31)(H,29,30). The molecule has 0 atom stereocenters. The first kappa shape index (κ1) is 21.4. The van der Waals surface area contributed by atoms with Crippen LogP contribution in [0.25, 0.3) is 10.2 Å². The van der Waals surface area contributed by atoms with E-state index in [0.29, 0.717) is 15.8 Å². The Kier molecular flexibility index (Phi) is 5.28. The Bertz CT molecular complexity index is 1460. The number of halogens is 3. The summed E-state index contributed by atoms with van der Waals surface area (Å²) in [6, 6.07) is 8.13. The van der Waals surface area contributed by atoms with E-state index < -0.39 is 17.8 Å². The molecule has 2 N–H and O–H groups in total. The SMILES string of the molecule is O=C(O)c1sc2ncnc3c2c1NC(=O)N3c1cc(OCc2cccc(F)c2)c(Cl)cc1Cl. The maximum atomic E-state index is 13.5. The summed E-state index contributed by atoms with van der Waals surface area (Å²) in [7, 11) is 0. The molecule has 0 saturated heterocycles. The highest BCUT2D eigenvalue weighted by Gasteiger charge is 2.35. The highest BCUT2D eigenvalue weighted by atomic mass is 35.5. The third-order valence-corrected chi connectivity index (χ3v) is 6.52. The van der Waals surface area contributed by atoms with Gasteiger partial charge in [-0.25, -0.2) is 28.8 Å². The lowest BCUT2D eigenvalue weighted by molar-refractivity contribution is 0.0703. The van der Waals surface area contributed by atoms with Crippen LogP contribution in [0.15, 0.2) is 42.7 Å². The highest BCUT2D eigenvalue weighted by Crippen LogP contribution is 2.47. The van der Waals surface area contributed by atoms with Gasteiger partial charge in [0.25, 0.3) is 0 Å². The number of hydrogen-bond acceptors (Lipinski definition) is 6. The van der Waals surface area contributed by atoms with Crippen molar-refractivity contribution in [2.75, 3.05) is 10.2 Å². The Labute approximate surface area is 199 Å². The molecule has 0 saturated carbocycles. The number of aromatic carboxylic acids is 1. The Morgan fingerprint density at radius 1 is 1.21 bits per heavy atom. The number of carboxylic acids is 1. The minimum absolute atomic E-state index is 0.0269. The molecule has 8 nitrogen and oxygen atoms in total. The fraction of sp³-hybridized carbons (Fsp3) is 0.0476. The number of hydrogen-bond donors (Lipinski definition) is 2. The Morgan fingerprint density at radius 3 is 2.79 bits per heavy atom. The zero-order valence-corrected chi connectivity index (χ0v) is 18.6. The van der Waals surface area contributed by atoms with Gasteiger partial charge in [-0.2, -0.15) is 0 Å². The summed E-state index contributed by atoms with van der Waals surface area (Å²) in [6.45, 7) is 0.0269. The van der Waals surface area contributed by atoms with E-state index in [1.54, 1.807) is 12.1 Å². The van der Waals surface area contributed by atoms with Crippen LogP contribution < -0.4 is 15.0 Å². The summed E-state index contributed by atoms with van der Waals surface area (Å²) in [4.78, 5) is 34.5. The molecule has 33 heavy (non-hydrogen) atoms. The number of nitrogens with zero attached hydrogens (tertiary/aromatic N) is 3. The number of anilines is 3. The third kappa shape index (κ3) is 3.71. The van der Waals surface area contributed by atoms with Crippen LogP contribution in [0, 0.1) is 5.82 Å². The predicted molar refractivity (Wildman–Crippen MR) is 123 cm³/mol. The molecule has 0 unspecified atom stereocenters. The summed E-state index contributed by atoms with van der Waals surface area (Å²) in [5.74, 6) is -1.21. The van der Waals surface area contributed by atoms with Crippen molar-refractivity contribution in [3.05, 3.63) is 69.0 Å². The lowest BCUT2D eigenvalue weighted by Gasteiger charge is -2.28. The number of benzene rings is 2. The van der Waals surface area contributed by atoms with E-state index >= 15 is 0 Å². The first-order valence-corrected chi connectivity index (χ1v) is 10.9. The van der Waals surface area contributed by atoms with Crippen LogP contribution in [0.1, 0.15) is 15.2 Å². The maximum absolute atomic E-state index is 13.5. The third-order valence-electron chi connectivity index (χ3n) is 4.83. The van der Waals surface area contributed by atoms with Crippen LogP contribution in [-0.4, -0.2) is 27.1 Å². The summed E-state index contributed by atoms with van der Waals surface area (Å²) in [5, 5.41) is 12.8. The van der Waals surface area contributed by atoms with Crippen molar-refractivity contribution < 1.29 is 23.8 Å². The summed E-state index contributed by atoms with van der Waals surface area (Å²) >= 11 is 13.6. The van der Waals surface area contributed by atoms with E-state index in [-0.39, 0.29) is 44.5 Å². The first-order valence-electron chi connectivity index (χ1n) is 9.31. The second-order valence-corrected chi connectivity index (χ2v) is 8.72. The summed E-state index contributed by atoms with van der Waals surface area (Å²) in [6.07, 6.45) is 1.24. The minimum Gasteiger partial charge on any atom is -0.487 e. The molecule has 2 aromatic carbocycles. The maximum Gasteiger partial charge on any atom is 0.348 e. The van der Waals surface area contributed by atoms with Gasteiger partial charge in [0, 0.05) is 6.07 Å². The van der Waals surface area contributed by atoms with Crippen LogP contribution >= 0.6 is 34.5 Å². The predicted octanol–water partition coefficient (Wildman–Crippen LogP) is 6.10. The van der Waals surface area contributed by atoms with Crippen molar-refractivity contribution in [1.29, 1.82) is 0 Å². The molecule has 2 amide bonds. The van der Waals surface area contributed by atoms with Crippen LogP contribution in [-0.2, 0) is 6.61 Å². The van der Waals surface area contributed by atoms with Gasteiger partial charge in [-0.1, -0.05) is 35.3 Å². The second kappa shape index (κ2) is 8.14. The molecule has 0 fully saturated rings. The van der Waals surface area contributed by atoms with Gasteiger partial charge >= 0.3 is 12.0 Å². The summed E-state index contributed by atoms with van der Waals surface area (Å²) < 4.78 is 19.2. The van der Waals surface area contributed by atoms with Gasteiger partial charge in [0.1, 0.15) is 34.2 Å². The van der Waals surface area contributed by atoms with Gasteiger partial charge in [-0.15, -0.1) is 11.3 Å². The lowest BCUT2D eigenvalue weighted by atomic mass is 10.2. The van der Waals surface area contributed by atoms with Gasteiger partial charge in [0.15, 0.2) is 5.82 Å². The first-order chi connectivity index (χ1) is 15.8. The van der Waals surface area contributed by atoms with Crippen LogP contribution in [0.3, 0.4) is 0 Å². The van der Waals surface area contributed by atoms with Gasteiger partial charge in [-0.3, -0.25) is 0 Å². The van der Waals surface area contributed by atoms with E-state index in [4.69, 9.17) is 27.9 Å². The molecular formula is C21H11Cl2FN4O4S. The number of ether oxygens (including phenoxy) is 1. The molecule has 5 rings (SSSR count). The minimum atomic E-state index is -1.19. The van der Waals surface area contributed by atoms with Crippen LogP contribution in [0.5, 0.6) is 5.75 Å². The molecule has 12 heteroatoms. The van der Waals surface area contributed by atoms with Gasteiger partial charge in [-0.05, 0) is 23.8 Å². The fourth-order valence-electron chi connectivity index (χ4n) is 3.43. The number of carbonyl (C=O) groups is 2. The Balaban J connectivity index is 1.58. The molecule has 3 heterocycles. The smallest absolute Gasteiger partial charge is 0.348 e. The van der Waals surface area contributed by atoms with Gasteiger partial charge < -0.3 is 15.2 Å². The van der Waals surface area contributed by atoms with Crippen molar-refractivity contribution in [2.24, 2.45) is 0 Å². The second-order valence-electron chi connectivity index (χ2n) is 6.91. The van der Waals surface area contributed by atoms with E-state index in [9.17, 15) is 19.1 Å². The number of carbonyl (C=O) groups excluding carboxylic acids is 1. The quantitative estimate of drug-likeness (QED) is 0.340. The molecule has 1 aliphatic heterocycles. The average Bonchev–Trinajstić information content (AvgIpc) is 3.14. The molecule has 166 valence electrons. The molecule has 2 aromatic heterocycles. The van der Waals surface area contributed by atoms with Crippen molar-refractivity contribution in [3.8, 4) is 5.75 Å². The average molecular weight is 505 g/mol. The fourth-order valence-corrected chi connectivity index (χ4v) is 4.88. The molecule has 0 spiro atoms. The number of urea groups is 1. The van der Waals surface area contributed by atoms with Gasteiger partial charge in [0.05, 0.1) is 26.8 Å². The van der Waals surface area contributed by atoms with E-state index in [0.717, 1.165) is 11.3 Å². The Hall–Kier alpha value is -3.47. The highest BCUT2D eigenvalue weighted by molar-refractivity contribution is 7.21. The number of amides is 2. The number of aromatic nitrogens is 2. The van der Waals surface area contributed by atoms with E-state index in [2.05, 4.69) is 15.3 Å². The zero-order chi connectivity index (χ0) is 23.3. The lowest BCUT2D eigenvalue weighted by Crippen LogP contribution is -2.35. The van der Waals surface area contributed by atoms with Gasteiger partial charge in [0.2, 0.25) is 0 Å². The van der Waals surface area contributed by atoms with Crippen LogP contribution in [0.4, 0.5) is 26.4 Å². The van der Waals surface area contributed by atoms with Crippen molar-refractivity contribution in [3.63, 3.8) is 0 Å². The topological polar surface area (TPSA) is 105 Å². The molecule has 0 aliphatic carbocycles. The largest absolute Gasteiger partial charge is 0.487 e. The number of rotatable bonds is 5. The monoisotopic (exact) mass is 504 g/mol. The number of thiophene rings is 1. The van der Waals surface area contributed by atoms with Crippen molar-refractivity contribution in [1.82, 2.24) is 9.97 Å². The molecule has 0 radical (unpaired) electrons. The normalized spacial score (nSPS) is 12.7. The van der Waals surface area contributed by atoms with Crippen LogP contribution in [0.2, 0.25) is 10.0 Å². The van der Waals surface area contributed by atoms with Crippen molar-refractivity contribution >= 4 is 73.9 Å². The molecule has 1 aliphatic rings. The Morgan fingerprint density at radius 2 is 2.03 bits per heavy atom. The number of carboxylic acid groups (broad SMARTS) is 1. The molecule has 4 aromatic rings. The van der Waals surface area contributed by atoms with E-state index in [1.165, 1.54) is 35.5 Å². The number of nitrogens with one attached hydrogen (secondary N) is 1. The molecule has 0 bridgehead atoms. The zero-order valence-electron chi connectivity index (χ0n) is 16.3. The van der Waals surface area contributed by atoms with Crippen molar-refractivity contribution in [2.45, 2.75) is 6.61 Å².